The molecule has 0 aliphatic rings. The lowest BCUT2D eigenvalue weighted by Crippen LogP contribution is -1.95. The van der Waals surface area contributed by atoms with Gasteiger partial charge in [0.15, 0.2) is 0 Å². The van der Waals surface area contributed by atoms with E-state index in [4.69, 9.17) is 0 Å². The zero-order valence-corrected chi connectivity index (χ0v) is 11.3. The Morgan fingerprint density at radius 2 is 2.38 bits per heavy atom. The molecule has 0 aromatic carbocycles. The molecule has 0 aliphatic carbocycles. The minimum absolute atomic E-state index is 0.851. The molecule has 1 atom stereocenters. The summed E-state index contributed by atoms with van der Waals surface area (Å²) in [6.07, 6.45) is 1.29. The summed E-state index contributed by atoms with van der Waals surface area (Å²) < 4.78 is 1.27. The fraction of sp³-hybridized carbons (Fsp3) is 0.600. The first-order valence-corrected chi connectivity index (χ1v) is 7.36. The van der Waals surface area contributed by atoms with Gasteiger partial charge in [-0.05, 0) is 39.0 Å². The molecule has 0 N–H and O–H groups in total. The van der Waals surface area contributed by atoms with Crippen LogP contribution in [0.3, 0.4) is 0 Å². The third-order valence-corrected chi connectivity index (χ3v) is 5.43. The van der Waals surface area contributed by atoms with Crippen molar-refractivity contribution in [2.45, 2.75) is 26.0 Å². The van der Waals surface area contributed by atoms with E-state index in [2.05, 4.69) is 41.2 Å². The summed E-state index contributed by atoms with van der Waals surface area (Å²) in [6, 6.07) is 2.13. The monoisotopic (exact) mass is 278 g/mol. The minimum Gasteiger partial charge on any atom is -0.156 e. The molecule has 0 amide bonds. The second kappa shape index (κ2) is 6.10. The number of hydrogen-bond donors (Lipinski definition) is 0. The van der Waals surface area contributed by atoms with Crippen LogP contribution in [0.5, 0.6) is 0 Å². The van der Waals surface area contributed by atoms with Gasteiger partial charge in [-0.15, -0.1) is 11.3 Å². The maximum absolute atomic E-state index is 3.55. The number of thiophene rings is 1. The van der Waals surface area contributed by atoms with Gasteiger partial charge in [0.1, 0.15) is 0 Å². The summed E-state index contributed by atoms with van der Waals surface area (Å²) in [7, 11) is 0. The van der Waals surface area contributed by atoms with Crippen LogP contribution >= 0.6 is 39.0 Å². The van der Waals surface area contributed by atoms with Crippen LogP contribution in [0.1, 0.15) is 25.1 Å². The van der Waals surface area contributed by atoms with Crippen LogP contribution in [0, 0.1) is 5.92 Å². The molecule has 0 radical (unpaired) electrons. The largest absolute Gasteiger partial charge is 0.156 e. The van der Waals surface area contributed by atoms with Gasteiger partial charge in [-0.3, -0.25) is 0 Å². The normalized spacial score (nSPS) is 13.2. The zero-order valence-electron chi connectivity index (χ0n) is 8.05. The van der Waals surface area contributed by atoms with Crippen molar-refractivity contribution < 1.29 is 0 Å². The van der Waals surface area contributed by atoms with E-state index < -0.39 is 0 Å². The van der Waals surface area contributed by atoms with Gasteiger partial charge in [0.05, 0.1) is 0 Å². The van der Waals surface area contributed by atoms with Crippen molar-refractivity contribution in [2.24, 2.45) is 5.92 Å². The molecular weight excluding hydrogens is 264 g/mol. The Bertz CT molecular complexity index is 245. The minimum atomic E-state index is 0.851. The maximum Gasteiger partial charge on any atom is 0.0322 e. The highest BCUT2D eigenvalue weighted by Gasteiger charge is 2.03. The van der Waals surface area contributed by atoms with Gasteiger partial charge in [-0.1, -0.05) is 20.3 Å². The lowest BCUT2D eigenvalue weighted by atomic mass is 10.2. The Kier molecular flexibility index (Phi) is 5.44. The molecule has 0 aliphatic heterocycles. The quantitative estimate of drug-likeness (QED) is 0.746. The Morgan fingerprint density at radius 1 is 1.62 bits per heavy atom. The fourth-order valence-electron chi connectivity index (χ4n) is 0.899. The van der Waals surface area contributed by atoms with E-state index in [-0.39, 0.29) is 0 Å². The first kappa shape index (κ1) is 11.6. The third kappa shape index (κ3) is 4.05. The molecule has 1 unspecified atom stereocenters. The Labute approximate surface area is 97.3 Å². The van der Waals surface area contributed by atoms with Crippen molar-refractivity contribution in [1.29, 1.82) is 0 Å². The predicted molar refractivity (Wildman–Crippen MR) is 67.6 cm³/mol. The average molecular weight is 279 g/mol. The lowest BCUT2D eigenvalue weighted by molar-refractivity contribution is 0.637. The second-order valence-electron chi connectivity index (χ2n) is 3.22. The van der Waals surface area contributed by atoms with Crippen molar-refractivity contribution in [2.75, 3.05) is 5.75 Å². The van der Waals surface area contributed by atoms with Crippen LogP contribution in [0.4, 0.5) is 0 Å². The molecule has 0 nitrogen and oxygen atoms in total. The molecule has 0 spiro atoms. The first-order valence-electron chi connectivity index (χ1n) is 4.53. The molecule has 1 heterocycles. The van der Waals surface area contributed by atoms with Gasteiger partial charge in [0, 0.05) is 15.1 Å². The van der Waals surface area contributed by atoms with Crippen LogP contribution in [0.15, 0.2) is 15.9 Å². The SMILES string of the molecule is CCC(C)CSCc1sccc1Br. The molecule has 1 rings (SSSR count). The van der Waals surface area contributed by atoms with E-state index in [1.54, 1.807) is 0 Å². The van der Waals surface area contributed by atoms with Crippen LogP contribution in [0.2, 0.25) is 0 Å². The van der Waals surface area contributed by atoms with Crippen molar-refractivity contribution >= 4 is 39.0 Å². The van der Waals surface area contributed by atoms with E-state index in [9.17, 15) is 0 Å². The van der Waals surface area contributed by atoms with E-state index in [1.807, 2.05) is 23.1 Å². The van der Waals surface area contributed by atoms with Crippen molar-refractivity contribution in [3.8, 4) is 0 Å². The highest BCUT2D eigenvalue weighted by atomic mass is 79.9. The highest BCUT2D eigenvalue weighted by molar-refractivity contribution is 9.10. The highest BCUT2D eigenvalue weighted by Crippen LogP contribution is 2.27. The zero-order chi connectivity index (χ0) is 9.68. The fourth-order valence-corrected chi connectivity index (χ4v) is 3.98. The van der Waals surface area contributed by atoms with E-state index in [1.165, 1.54) is 21.5 Å². The molecule has 0 bridgehead atoms. The summed E-state index contributed by atoms with van der Waals surface area (Å²) in [5, 5.41) is 2.14. The van der Waals surface area contributed by atoms with Gasteiger partial charge in [-0.25, -0.2) is 0 Å². The molecule has 1 aromatic rings. The summed E-state index contributed by atoms with van der Waals surface area (Å²) in [5.41, 5.74) is 0. The summed E-state index contributed by atoms with van der Waals surface area (Å²) in [4.78, 5) is 1.47. The summed E-state index contributed by atoms with van der Waals surface area (Å²) >= 11 is 7.43. The van der Waals surface area contributed by atoms with Gasteiger partial charge < -0.3 is 0 Å². The second-order valence-corrected chi connectivity index (χ2v) is 6.11. The van der Waals surface area contributed by atoms with Gasteiger partial charge in [0.2, 0.25) is 0 Å². The molecule has 0 saturated carbocycles. The van der Waals surface area contributed by atoms with Gasteiger partial charge >= 0.3 is 0 Å². The summed E-state index contributed by atoms with van der Waals surface area (Å²) in [5.74, 6) is 3.28. The smallest absolute Gasteiger partial charge is 0.0322 e. The first-order chi connectivity index (χ1) is 6.24. The number of hydrogen-bond acceptors (Lipinski definition) is 2. The standard InChI is InChI=1S/C10H15BrS2/c1-3-8(2)6-12-7-10-9(11)4-5-13-10/h4-5,8H,3,6-7H2,1-2H3. The van der Waals surface area contributed by atoms with Crippen LogP contribution in [-0.2, 0) is 5.75 Å². The van der Waals surface area contributed by atoms with E-state index in [0.29, 0.717) is 0 Å². The van der Waals surface area contributed by atoms with Crippen LogP contribution < -0.4 is 0 Å². The van der Waals surface area contributed by atoms with Gasteiger partial charge in [-0.2, -0.15) is 11.8 Å². The number of rotatable bonds is 5. The Balaban J connectivity index is 2.24. The third-order valence-electron chi connectivity index (χ3n) is 2.02. The maximum atomic E-state index is 3.55. The van der Waals surface area contributed by atoms with Crippen LogP contribution in [0.25, 0.3) is 0 Å². The number of halogens is 1. The predicted octanol–water partition coefficient (Wildman–Crippen LogP) is 4.79. The van der Waals surface area contributed by atoms with Gasteiger partial charge in [0.25, 0.3) is 0 Å². The topological polar surface area (TPSA) is 0 Å². The Morgan fingerprint density at radius 3 is 2.92 bits per heavy atom. The molecule has 74 valence electrons. The molecular formula is C10H15BrS2. The summed E-state index contributed by atoms with van der Waals surface area (Å²) in [6.45, 7) is 4.57. The average Bonchev–Trinajstić information content (AvgIpc) is 2.52. The van der Waals surface area contributed by atoms with Crippen molar-refractivity contribution in [3.63, 3.8) is 0 Å². The molecule has 0 fully saturated rings. The van der Waals surface area contributed by atoms with E-state index in [0.717, 1.165) is 11.7 Å². The van der Waals surface area contributed by atoms with Crippen molar-refractivity contribution in [3.05, 3.63) is 20.8 Å². The van der Waals surface area contributed by atoms with E-state index >= 15 is 0 Å². The Hall–Kier alpha value is 0.530. The van der Waals surface area contributed by atoms with Crippen LogP contribution in [-0.4, -0.2) is 5.75 Å². The molecule has 1 aromatic heterocycles. The molecule has 3 heteroatoms. The number of thioether (sulfide) groups is 1. The molecule has 13 heavy (non-hydrogen) atoms. The van der Waals surface area contributed by atoms with Crippen molar-refractivity contribution in [1.82, 2.24) is 0 Å². The lowest BCUT2D eigenvalue weighted by Gasteiger charge is -2.06. The molecule has 0 saturated heterocycles.